The molecule has 0 fully saturated rings. The van der Waals surface area contributed by atoms with Gasteiger partial charge in [0.25, 0.3) is 0 Å². The van der Waals surface area contributed by atoms with Crippen LogP contribution in [0.25, 0.3) is 0 Å². The zero-order valence-electron chi connectivity index (χ0n) is 14.6. The topological polar surface area (TPSA) is 35.6 Å². The molecule has 138 valence electrons. The predicted octanol–water partition coefficient (Wildman–Crippen LogP) is 5.52. The molecule has 6 heteroatoms. The van der Waals surface area contributed by atoms with Crippen LogP contribution in [0.2, 0.25) is 0 Å². The van der Waals surface area contributed by atoms with Crippen molar-refractivity contribution in [2.24, 2.45) is 0 Å². The number of hydrogen-bond acceptors (Lipinski definition) is 2. The van der Waals surface area contributed by atoms with Crippen LogP contribution in [-0.4, -0.2) is 19.1 Å². The molecule has 2 rings (SSSR count). The van der Waals surface area contributed by atoms with E-state index in [2.05, 4.69) is 19.1 Å². The van der Waals surface area contributed by atoms with Gasteiger partial charge < -0.3 is 9.13 Å². The summed E-state index contributed by atoms with van der Waals surface area (Å²) in [7, 11) is 0. The molecule has 0 saturated heterocycles. The van der Waals surface area contributed by atoms with E-state index in [-0.39, 0.29) is 24.8 Å². The maximum Gasteiger partial charge on any atom is 0.0945 e. The van der Waals surface area contributed by atoms with Crippen molar-refractivity contribution in [1.82, 2.24) is 19.1 Å². The van der Waals surface area contributed by atoms with Gasteiger partial charge in [0.15, 0.2) is 0 Å². The molecule has 4 nitrogen and oxygen atoms in total. The molecule has 2 aromatic rings. The Morgan fingerprint density at radius 1 is 0.500 bits per heavy atom. The SMILES string of the molecule is Cl.Cl.c1cn(CCCCCCCCCCCCn2ccnc2)cn1. The van der Waals surface area contributed by atoms with E-state index in [1.807, 2.05) is 37.4 Å². The molecule has 0 unspecified atom stereocenters. The summed E-state index contributed by atoms with van der Waals surface area (Å²) in [5, 5.41) is 0. The number of nitrogens with zero attached hydrogens (tertiary/aromatic N) is 4. The molecule has 0 aliphatic heterocycles. The standard InChI is InChI=1S/C18H30N4.2ClH/c1(3-5-7-9-13-21-15-11-19-17-21)2-4-6-8-10-14-22-16-12-20-18-22;;/h11-12,15-18H,1-10,13-14H2;2*1H. The first-order chi connectivity index (χ1) is 10.9. The Labute approximate surface area is 158 Å². The Morgan fingerprint density at radius 3 is 1.12 bits per heavy atom. The fourth-order valence-corrected chi connectivity index (χ4v) is 2.84. The molecule has 0 amide bonds. The molecule has 0 bridgehead atoms. The second-order valence-electron chi connectivity index (χ2n) is 6.14. The monoisotopic (exact) mass is 374 g/mol. The van der Waals surface area contributed by atoms with Crippen LogP contribution in [0, 0.1) is 0 Å². The normalized spacial score (nSPS) is 10.2. The predicted molar refractivity (Wildman–Crippen MR) is 105 cm³/mol. The van der Waals surface area contributed by atoms with Crippen LogP contribution >= 0.6 is 24.8 Å². The highest BCUT2D eigenvalue weighted by molar-refractivity contribution is 5.85. The molecule has 2 heterocycles. The van der Waals surface area contributed by atoms with Crippen molar-refractivity contribution in [2.75, 3.05) is 0 Å². The first kappa shape index (κ1) is 23.0. The molecular weight excluding hydrogens is 343 g/mol. The Morgan fingerprint density at radius 2 is 0.833 bits per heavy atom. The average Bonchev–Trinajstić information content (AvgIpc) is 3.21. The second kappa shape index (κ2) is 15.5. The first-order valence-electron chi connectivity index (χ1n) is 8.86. The highest BCUT2D eigenvalue weighted by atomic mass is 35.5. The zero-order chi connectivity index (χ0) is 15.3. The van der Waals surface area contributed by atoms with E-state index in [9.17, 15) is 0 Å². The minimum atomic E-state index is 0. The molecule has 24 heavy (non-hydrogen) atoms. The molecule has 0 spiro atoms. The number of unbranched alkanes of at least 4 members (excludes halogenated alkanes) is 9. The number of imidazole rings is 2. The fourth-order valence-electron chi connectivity index (χ4n) is 2.84. The zero-order valence-corrected chi connectivity index (χ0v) is 16.2. The summed E-state index contributed by atoms with van der Waals surface area (Å²) in [6.45, 7) is 2.24. The summed E-state index contributed by atoms with van der Waals surface area (Å²) in [4.78, 5) is 8.13. The van der Waals surface area contributed by atoms with Gasteiger partial charge in [-0.3, -0.25) is 0 Å². The summed E-state index contributed by atoms with van der Waals surface area (Å²) in [6.07, 6.45) is 25.3. The van der Waals surface area contributed by atoms with Gasteiger partial charge in [0, 0.05) is 37.9 Å². The summed E-state index contributed by atoms with van der Waals surface area (Å²) < 4.78 is 4.34. The summed E-state index contributed by atoms with van der Waals surface area (Å²) in [6, 6.07) is 0. The minimum Gasteiger partial charge on any atom is -0.337 e. The largest absolute Gasteiger partial charge is 0.337 e. The second-order valence-corrected chi connectivity index (χ2v) is 6.14. The molecule has 0 saturated carbocycles. The van der Waals surface area contributed by atoms with Crippen molar-refractivity contribution in [3.8, 4) is 0 Å². The first-order valence-corrected chi connectivity index (χ1v) is 8.86. The maximum absolute atomic E-state index is 4.07. The van der Waals surface area contributed by atoms with E-state index in [1.165, 1.54) is 64.2 Å². The molecule has 0 aliphatic carbocycles. The minimum absolute atomic E-state index is 0. The van der Waals surface area contributed by atoms with E-state index in [0.29, 0.717) is 0 Å². The lowest BCUT2D eigenvalue weighted by molar-refractivity contribution is 0.522. The van der Waals surface area contributed by atoms with Crippen molar-refractivity contribution >= 4 is 24.8 Å². The van der Waals surface area contributed by atoms with E-state index in [0.717, 1.165) is 13.1 Å². The van der Waals surface area contributed by atoms with E-state index < -0.39 is 0 Å². The van der Waals surface area contributed by atoms with Crippen LogP contribution in [0.3, 0.4) is 0 Å². The number of hydrogen-bond donors (Lipinski definition) is 0. The van der Waals surface area contributed by atoms with Crippen molar-refractivity contribution in [3.63, 3.8) is 0 Å². The molecular formula is C18H32Cl2N4. The Kier molecular flexibility index (Phi) is 14.9. The third-order valence-corrected chi connectivity index (χ3v) is 4.20. The van der Waals surface area contributed by atoms with Crippen LogP contribution in [-0.2, 0) is 13.1 Å². The van der Waals surface area contributed by atoms with Crippen LogP contribution in [0.1, 0.15) is 64.2 Å². The smallest absolute Gasteiger partial charge is 0.0945 e. The Balaban J connectivity index is 0.00000264. The highest BCUT2D eigenvalue weighted by Gasteiger charge is 1.95. The highest BCUT2D eigenvalue weighted by Crippen LogP contribution is 2.11. The molecule has 0 radical (unpaired) electrons. The fraction of sp³-hybridized carbons (Fsp3) is 0.667. The number of rotatable bonds is 13. The number of halogens is 2. The third-order valence-electron chi connectivity index (χ3n) is 4.20. The van der Waals surface area contributed by atoms with Crippen LogP contribution in [0.15, 0.2) is 37.4 Å². The van der Waals surface area contributed by atoms with Gasteiger partial charge >= 0.3 is 0 Å². The third kappa shape index (κ3) is 10.7. The average molecular weight is 375 g/mol. The lowest BCUT2D eigenvalue weighted by atomic mass is 10.1. The van der Waals surface area contributed by atoms with Crippen LogP contribution in [0.4, 0.5) is 0 Å². The molecule has 2 aromatic heterocycles. The van der Waals surface area contributed by atoms with Gasteiger partial charge in [-0.2, -0.15) is 0 Å². The molecule has 0 aliphatic rings. The lowest BCUT2D eigenvalue weighted by Crippen LogP contribution is -1.94. The van der Waals surface area contributed by atoms with E-state index in [1.54, 1.807) is 0 Å². The quantitative estimate of drug-likeness (QED) is 0.432. The maximum atomic E-state index is 4.07. The summed E-state index contributed by atoms with van der Waals surface area (Å²) in [5.41, 5.74) is 0. The number of aryl methyl sites for hydroxylation is 2. The van der Waals surface area contributed by atoms with Crippen molar-refractivity contribution < 1.29 is 0 Å². The summed E-state index contributed by atoms with van der Waals surface area (Å²) >= 11 is 0. The molecule has 0 N–H and O–H groups in total. The van der Waals surface area contributed by atoms with Crippen molar-refractivity contribution in [2.45, 2.75) is 77.3 Å². The molecule has 0 aromatic carbocycles. The Bertz CT molecular complexity index is 413. The van der Waals surface area contributed by atoms with Gasteiger partial charge in [0.05, 0.1) is 12.7 Å². The van der Waals surface area contributed by atoms with Gasteiger partial charge in [-0.15, -0.1) is 24.8 Å². The lowest BCUT2D eigenvalue weighted by Gasteiger charge is -2.04. The molecule has 0 atom stereocenters. The summed E-state index contributed by atoms with van der Waals surface area (Å²) in [5.74, 6) is 0. The van der Waals surface area contributed by atoms with Gasteiger partial charge in [0.1, 0.15) is 0 Å². The number of aromatic nitrogens is 4. The van der Waals surface area contributed by atoms with Gasteiger partial charge in [0.2, 0.25) is 0 Å². The van der Waals surface area contributed by atoms with E-state index in [4.69, 9.17) is 0 Å². The Hall–Kier alpha value is -1.00. The van der Waals surface area contributed by atoms with Crippen molar-refractivity contribution in [1.29, 1.82) is 0 Å². The van der Waals surface area contributed by atoms with Crippen LogP contribution in [0.5, 0.6) is 0 Å². The van der Waals surface area contributed by atoms with Crippen LogP contribution < -0.4 is 0 Å². The van der Waals surface area contributed by atoms with Crippen molar-refractivity contribution in [3.05, 3.63) is 37.4 Å². The van der Waals surface area contributed by atoms with Gasteiger partial charge in [-0.05, 0) is 12.8 Å². The van der Waals surface area contributed by atoms with Gasteiger partial charge in [-0.1, -0.05) is 51.4 Å². The van der Waals surface area contributed by atoms with Gasteiger partial charge in [-0.25, -0.2) is 9.97 Å². The van der Waals surface area contributed by atoms with E-state index >= 15 is 0 Å².